The average molecular weight is 305 g/mol. The number of aldehydes is 1. The van der Waals surface area contributed by atoms with Gasteiger partial charge in [0.05, 0.1) is 12.1 Å². The zero-order valence-corrected chi connectivity index (χ0v) is 12.6. The summed E-state index contributed by atoms with van der Waals surface area (Å²) in [4.78, 5) is 47.4. The van der Waals surface area contributed by atoms with E-state index in [0.29, 0.717) is 12.7 Å². The molecule has 3 N–H and O–H groups in total. The lowest BCUT2D eigenvalue weighted by atomic mass is 10.1. The van der Waals surface area contributed by atoms with Crippen molar-refractivity contribution in [1.29, 1.82) is 0 Å². The fourth-order valence-corrected chi connectivity index (χ4v) is 1.90. The molecular formula is C15H19N3O4. The van der Waals surface area contributed by atoms with Crippen LogP contribution in [0.3, 0.4) is 0 Å². The lowest BCUT2D eigenvalue weighted by Crippen LogP contribution is -2.41. The quantitative estimate of drug-likeness (QED) is 0.590. The molecule has 0 saturated carbocycles. The number of hydrogen-bond acceptors (Lipinski definition) is 5. The van der Waals surface area contributed by atoms with Gasteiger partial charge in [0.2, 0.25) is 11.8 Å². The number of nitrogens with two attached hydrogens (primary N) is 1. The fourth-order valence-electron chi connectivity index (χ4n) is 1.90. The molecule has 0 aliphatic rings. The van der Waals surface area contributed by atoms with E-state index in [1.165, 1.54) is 19.2 Å². The second-order valence-corrected chi connectivity index (χ2v) is 4.81. The third-order valence-corrected chi connectivity index (χ3v) is 2.95. The van der Waals surface area contributed by atoms with Crippen molar-refractivity contribution >= 4 is 29.7 Å². The second kappa shape index (κ2) is 7.92. The van der Waals surface area contributed by atoms with Crippen LogP contribution in [0.5, 0.6) is 0 Å². The first kappa shape index (κ1) is 17.4. The van der Waals surface area contributed by atoms with E-state index < -0.39 is 11.8 Å². The Labute approximate surface area is 128 Å². The predicted molar refractivity (Wildman–Crippen MR) is 81.3 cm³/mol. The van der Waals surface area contributed by atoms with Crippen LogP contribution >= 0.6 is 0 Å². The molecule has 1 aromatic carbocycles. The van der Waals surface area contributed by atoms with Crippen LogP contribution in [0.2, 0.25) is 0 Å². The number of carbonyl (C=O) groups excluding carboxylic acids is 4. The summed E-state index contributed by atoms with van der Waals surface area (Å²) < 4.78 is 0. The van der Waals surface area contributed by atoms with Crippen LogP contribution in [0.1, 0.15) is 40.5 Å². The molecule has 118 valence electrons. The highest BCUT2D eigenvalue weighted by atomic mass is 16.2. The molecule has 7 nitrogen and oxygen atoms in total. The van der Waals surface area contributed by atoms with Crippen molar-refractivity contribution in [3.05, 3.63) is 29.3 Å². The van der Waals surface area contributed by atoms with E-state index in [9.17, 15) is 19.2 Å². The zero-order valence-electron chi connectivity index (χ0n) is 12.6. The molecule has 0 radical (unpaired) electrons. The SMILES string of the molecule is CCCC(=O)NC(=O)CN(C)C(=O)c1c(N)cccc1C=O. The van der Waals surface area contributed by atoms with Crippen LogP contribution < -0.4 is 11.1 Å². The van der Waals surface area contributed by atoms with Crippen LogP contribution in [0.4, 0.5) is 5.69 Å². The molecule has 0 saturated heterocycles. The lowest BCUT2D eigenvalue weighted by molar-refractivity contribution is -0.130. The van der Waals surface area contributed by atoms with Crippen molar-refractivity contribution in [2.45, 2.75) is 19.8 Å². The van der Waals surface area contributed by atoms with Gasteiger partial charge >= 0.3 is 0 Å². The number of rotatable bonds is 6. The summed E-state index contributed by atoms with van der Waals surface area (Å²) in [6, 6.07) is 4.53. The number of nitrogens with zero attached hydrogens (tertiary/aromatic N) is 1. The van der Waals surface area contributed by atoms with E-state index in [0.717, 1.165) is 4.90 Å². The first-order chi connectivity index (χ1) is 10.4. The number of anilines is 1. The van der Waals surface area contributed by atoms with Crippen molar-refractivity contribution in [3.8, 4) is 0 Å². The van der Waals surface area contributed by atoms with Gasteiger partial charge in [-0.25, -0.2) is 0 Å². The van der Waals surface area contributed by atoms with Gasteiger partial charge in [-0.1, -0.05) is 19.1 Å². The molecule has 1 rings (SSSR count). The van der Waals surface area contributed by atoms with Gasteiger partial charge in [-0.05, 0) is 12.5 Å². The summed E-state index contributed by atoms with van der Waals surface area (Å²) in [7, 11) is 1.40. The molecule has 0 atom stereocenters. The van der Waals surface area contributed by atoms with Crippen LogP contribution in [0, 0.1) is 0 Å². The Balaban J connectivity index is 2.80. The van der Waals surface area contributed by atoms with Crippen LogP contribution in [-0.2, 0) is 9.59 Å². The highest BCUT2D eigenvalue weighted by Crippen LogP contribution is 2.17. The highest BCUT2D eigenvalue weighted by molar-refractivity contribution is 6.07. The normalized spacial score (nSPS) is 9.91. The molecular weight excluding hydrogens is 286 g/mol. The third-order valence-electron chi connectivity index (χ3n) is 2.95. The lowest BCUT2D eigenvalue weighted by Gasteiger charge is -2.18. The van der Waals surface area contributed by atoms with Crippen molar-refractivity contribution in [2.24, 2.45) is 0 Å². The van der Waals surface area contributed by atoms with Gasteiger partial charge in [0, 0.05) is 24.7 Å². The topological polar surface area (TPSA) is 110 Å². The minimum atomic E-state index is -0.587. The molecule has 0 fully saturated rings. The number of nitrogens with one attached hydrogen (secondary N) is 1. The Morgan fingerprint density at radius 2 is 1.95 bits per heavy atom. The van der Waals surface area contributed by atoms with E-state index in [2.05, 4.69) is 5.32 Å². The Hall–Kier alpha value is -2.70. The van der Waals surface area contributed by atoms with Crippen LogP contribution in [0.15, 0.2) is 18.2 Å². The minimum Gasteiger partial charge on any atom is -0.398 e. The summed E-state index contributed by atoms with van der Waals surface area (Å²) in [6.45, 7) is 1.51. The molecule has 0 aromatic heterocycles. The predicted octanol–water partition coefficient (Wildman–Crippen LogP) is 0.596. The molecule has 0 aliphatic carbocycles. The summed E-state index contributed by atoms with van der Waals surface area (Å²) >= 11 is 0. The van der Waals surface area contributed by atoms with E-state index in [1.807, 2.05) is 6.92 Å². The Morgan fingerprint density at radius 3 is 2.55 bits per heavy atom. The van der Waals surface area contributed by atoms with Gasteiger partial charge < -0.3 is 10.6 Å². The van der Waals surface area contributed by atoms with E-state index in [1.54, 1.807) is 6.07 Å². The molecule has 0 aliphatic heterocycles. The van der Waals surface area contributed by atoms with E-state index in [4.69, 9.17) is 5.73 Å². The summed E-state index contributed by atoms with van der Waals surface area (Å²) in [5.74, 6) is -1.53. The van der Waals surface area contributed by atoms with Crippen molar-refractivity contribution in [3.63, 3.8) is 0 Å². The molecule has 0 spiro atoms. The van der Waals surface area contributed by atoms with Gasteiger partial charge in [-0.15, -0.1) is 0 Å². The maximum atomic E-state index is 12.3. The minimum absolute atomic E-state index is 0.0488. The van der Waals surface area contributed by atoms with Crippen LogP contribution in [0.25, 0.3) is 0 Å². The van der Waals surface area contributed by atoms with Gasteiger partial charge in [-0.3, -0.25) is 24.5 Å². The highest BCUT2D eigenvalue weighted by Gasteiger charge is 2.20. The number of carbonyl (C=O) groups is 4. The number of nitrogen functional groups attached to an aromatic ring is 1. The molecule has 0 bridgehead atoms. The van der Waals surface area contributed by atoms with E-state index >= 15 is 0 Å². The number of hydrogen-bond donors (Lipinski definition) is 2. The first-order valence-corrected chi connectivity index (χ1v) is 6.82. The smallest absolute Gasteiger partial charge is 0.256 e. The summed E-state index contributed by atoms with van der Waals surface area (Å²) in [6.07, 6.45) is 1.39. The maximum Gasteiger partial charge on any atom is 0.256 e. The van der Waals surface area contributed by atoms with Crippen molar-refractivity contribution < 1.29 is 19.2 Å². The number of benzene rings is 1. The fraction of sp³-hybridized carbons (Fsp3) is 0.333. The molecule has 1 aromatic rings. The largest absolute Gasteiger partial charge is 0.398 e. The molecule has 0 heterocycles. The third kappa shape index (κ3) is 4.41. The standard InChI is InChI=1S/C15H19N3O4/c1-3-5-12(20)17-13(21)8-18(2)15(22)14-10(9-19)6-4-7-11(14)16/h4,6-7,9H,3,5,8,16H2,1-2H3,(H,17,20,21). The molecule has 3 amide bonds. The molecule has 7 heteroatoms. The van der Waals surface area contributed by atoms with Gasteiger partial charge in [0.1, 0.15) is 0 Å². The number of likely N-dealkylation sites (N-methyl/N-ethyl adjacent to an activating group) is 1. The number of imide groups is 1. The van der Waals surface area contributed by atoms with Gasteiger partial charge in [0.15, 0.2) is 6.29 Å². The van der Waals surface area contributed by atoms with Crippen molar-refractivity contribution in [1.82, 2.24) is 10.2 Å². The average Bonchev–Trinajstić information content (AvgIpc) is 2.46. The second-order valence-electron chi connectivity index (χ2n) is 4.81. The monoisotopic (exact) mass is 305 g/mol. The van der Waals surface area contributed by atoms with Gasteiger partial charge in [0.25, 0.3) is 5.91 Å². The van der Waals surface area contributed by atoms with Crippen LogP contribution in [-0.4, -0.2) is 42.5 Å². The first-order valence-electron chi connectivity index (χ1n) is 6.82. The Bertz CT molecular complexity index is 598. The maximum absolute atomic E-state index is 12.3. The van der Waals surface area contributed by atoms with Gasteiger partial charge in [-0.2, -0.15) is 0 Å². The zero-order chi connectivity index (χ0) is 16.7. The molecule has 0 unspecified atom stereocenters. The number of amides is 3. The molecule has 22 heavy (non-hydrogen) atoms. The summed E-state index contributed by atoms with van der Waals surface area (Å²) in [5, 5.41) is 2.19. The van der Waals surface area contributed by atoms with E-state index in [-0.39, 0.29) is 35.7 Å². The Kier molecular flexibility index (Phi) is 6.25. The Morgan fingerprint density at radius 1 is 1.27 bits per heavy atom. The van der Waals surface area contributed by atoms with Crippen molar-refractivity contribution in [2.75, 3.05) is 19.3 Å². The summed E-state index contributed by atoms with van der Waals surface area (Å²) in [5.41, 5.74) is 6.08.